The Morgan fingerprint density at radius 1 is 1.50 bits per heavy atom. The lowest BCUT2D eigenvalue weighted by Crippen LogP contribution is -2.13. The highest BCUT2D eigenvalue weighted by Gasteiger charge is 2.24. The molecule has 1 unspecified atom stereocenters. The molecule has 0 amide bonds. The van der Waals surface area contributed by atoms with Crippen LogP contribution in [0.25, 0.3) is 11.2 Å². The third kappa shape index (κ3) is 1.25. The number of thioether (sulfide) groups is 1. The summed E-state index contributed by atoms with van der Waals surface area (Å²) in [6.45, 7) is 1.97. The maximum absolute atomic E-state index is 6.02. The second-order valence-corrected chi connectivity index (χ2v) is 5.39. The van der Waals surface area contributed by atoms with Gasteiger partial charge in [-0.3, -0.25) is 9.25 Å². The van der Waals surface area contributed by atoms with Gasteiger partial charge in [0.2, 0.25) is 5.95 Å². The predicted octanol–water partition coefficient (Wildman–Crippen LogP) is 1.34. The monoisotopic (exact) mass is 237 g/mol. The third-order valence-electron chi connectivity index (χ3n) is 3.13. The first kappa shape index (κ1) is 10.0. The number of rotatable bonds is 1. The van der Waals surface area contributed by atoms with Crippen molar-refractivity contribution in [2.24, 2.45) is 7.05 Å². The highest BCUT2D eigenvalue weighted by molar-refractivity contribution is 7.99. The first-order valence-corrected chi connectivity index (χ1v) is 6.58. The van der Waals surface area contributed by atoms with E-state index < -0.39 is 0 Å². The van der Waals surface area contributed by atoms with Gasteiger partial charge in [0, 0.05) is 18.8 Å². The Kier molecular flexibility index (Phi) is 2.14. The summed E-state index contributed by atoms with van der Waals surface area (Å²) in [6.07, 6.45) is 1.17. The summed E-state index contributed by atoms with van der Waals surface area (Å²) in [4.78, 5) is 4.43. The lowest BCUT2D eigenvalue weighted by atomic mass is 10.2. The van der Waals surface area contributed by atoms with Crippen molar-refractivity contribution in [2.75, 3.05) is 17.2 Å². The summed E-state index contributed by atoms with van der Waals surface area (Å²) in [5.74, 6) is 2.96. The van der Waals surface area contributed by atoms with E-state index in [-0.39, 0.29) is 0 Å². The van der Waals surface area contributed by atoms with Gasteiger partial charge in [-0.05, 0) is 19.1 Å². The van der Waals surface area contributed by atoms with Gasteiger partial charge in [0.25, 0.3) is 0 Å². The van der Waals surface area contributed by atoms with Crippen molar-refractivity contribution in [2.45, 2.75) is 19.4 Å². The predicted molar refractivity (Wildman–Crippen MR) is 66.6 cm³/mol. The number of aromatic nitrogens is 4. The van der Waals surface area contributed by atoms with Crippen molar-refractivity contribution in [1.82, 2.24) is 19.3 Å². The molecule has 16 heavy (non-hydrogen) atoms. The molecule has 3 heterocycles. The van der Waals surface area contributed by atoms with Crippen molar-refractivity contribution >= 4 is 28.9 Å². The van der Waals surface area contributed by atoms with Gasteiger partial charge in [0.1, 0.15) is 5.52 Å². The molecule has 86 valence electrons. The highest BCUT2D eigenvalue weighted by Crippen LogP contribution is 2.33. The van der Waals surface area contributed by atoms with Crippen LogP contribution in [0.2, 0.25) is 0 Å². The van der Waals surface area contributed by atoms with Gasteiger partial charge in [0.15, 0.2) is 5.65 Å². The number of aryl methyl sites for hydroxylation is 2. The van der Waals surface area contributed by atoms with E-state index in [0.717, 1.165) is 22.6 Å². The molecule has 0 saturated carbocycles. The first-order chi connectivity index (χ1) is 7.68. The smallest absolute Gasteiger partial charge is 0.202 e. The van der Waals surface area contributed by atoms with E-state index in [1.165, 1.54) is 12.2 Å². The van der Waals surface area contributed by atoms with Crippen LogP contribution in [-0.4, -0.2) is 30.8 Å². The van der Waals surface area contributed by atoms with E-state index in [1.54, 1.807) is 0 Å². The molecule has 0 radical (unpaired) electrons. The quantitative estimate of drug-likeness (QED) is 0.813. The molecule has 0 aromatic carbocycles. The number of hydrogen-bond acceptors (Lipinski definition) is 4. The minimum absolute atomic E-state index is 0.477. The molecular formula is C10H15N5S. The Bertz CT molecular complexity index is 535. The van der Waals surface area contributed by atoms with Crippen LogP contribution < -0.4 is 5.73 Å². The van der Waals surface area contributed by atoms with Crippen LogP contribution in [0.15, 0.2) is 0 Å². The Morgan fingerprint density at radius 2 is 2.31 bits per heavy atom. The summed E-state index contributed by atoms with van der Waals surface area (Å²) in [7, 11) is 1.95. The number of nitrogens with two attached hydrogens (primary N) is 1. The topological polar surface area (TPSA) is 61.7 Å². The molecule has 5 nitrogen and oxygen atoms in total. The fourth-order valence-corrected chi connectivity index (χ4v) is 3.59. The van der Waals surface area contributed by atoms with Gasteiger partial charge in [-0.2, -0.15) is 16.9 Å². The molecule has 1 atom stereocenters. The van der Waals surface area contributed by atoms with E-state index in [0.29, 0.717) is 12.0 Å². The fourth-order valence-electron chi connectivity index (χ4n) is 2.40. The summed E-state index contributed by atoms with van der Waals surface area (Å²) in [6, 6.07) is 0.477. The minimum Gasteiger partial charge on any atom is -0.369 e. The standard InChI is InChI=1S/C10H15N5S/c1-6-8-9(14(2)13-6)15(10(11)12-8)7-3-4-16-5-7/h7H,3-5H2,1-2H3,(H2,11,12). The van der Waals surface area contributed by atoms with Crippen LogP contribution in [0.1, 0.15) is 18.2 Å². The summed E-state index contributed by atoms with van der Waals surface area (Å²) < 4.78 is 4.03. The van der Waals surface area contributed by atoms with Crippen molar-refractivity contribution in [3.63, 3.8) is 0 Å². The Hall–Kier alpha value is -1.17. The molecule has 0 spiro atoms. The van der Waals surface area contributed by atoms with Crippen LogP contribution in [0.3, 0.4) is 0 Å². The van der Waals surface area contributed by atoms with Crippen molar-refractivity contribution < 1.29 is 0 Å². The molecule has 2 aromatic rings. The van der Waals surface area contributed by atoms with Crippen LogP contribution in [0.4, 0.5) is 5.95 Å². The number of hydrogen-bond donors (Lipinski definition) is 1. The second kappa shape index (κ2) is 3.41. The van der Waals surface area contributed by atoms with Gasteiger partial charge in [-0.15, -0.1) is 0 Å². The Morgan fingerprint density at radius 3 is 3.00 bits per heavy atom. The molecular weight excluding hydrogens is 222 g/mol. The van der Waals surface area contributed by atoms with Gasteiger partial charge < -0.3 is 5.73 Å². The summed E-state index contributed by atoms with van der Waals surface area (Å²) in [5, 5.41) is 4.39. The SMILES string of the molecule is Cc1nn(C)c2c1nc(N)n2C1CCSC1. The summed E-state index contributed by atoms with van der Waals surface area (Å²) in [5.41, 5.74) is 8.97. The van der Waals surface area contributed by atoms with E-state index in [9.17, 15) is 0 Å². The van der Waals surface area contributed by atoms with E-state index in [1.807, 2.05) is 30.4 Å². The van der Waals surface area contributed by atoms with E-state index >= 15 is 0 Å². The molecule has 1 fully saturated rings. The Balaban J connectivity index is 2.25. The number of imidazole rings is 1. The van der Waals surface area contributed by atoms with E-state index in [2.05, 4.69) is 14.6 Å². The zero-order valence-corrected chi connectivity index (χ0v) is 10.3. The third-order valence-corrected chi connectivity index (χ3v) is 4.28. The molecule has 2 aromatic heterocycles. The van der Waals surface area contributed by atoms with Crippen molar-refractivity contribution in [3.8, 4) is 0 Å². The first-order valence-electron chi connectivity index (χ1n) is 5.43. The second-order valence-electron chi connectivity index (χ2n) is 4.24. The van der Waals surface area contributed by atoms with Crippen LogP contribution >= 0.6 is 11.8 Å². The van der Waals surface area contributed by atoms with Crippen molar-refractivity contribution in [1.29, 1.82) is 0 Å². The zero-order valence-electron chi connectivity index (χ0n) is 9.47. The lowest BCUT2D eigenvalue weighted by Gasteiger charge is -2.13. The maximum atomic E-state index is 6.02. The van der Waals surface area contributed by atoms with Gasteiger partial charge in [0.05, 0.1) is 5.69 Å². The lowest BCUT2D eigenvalue weighted by molar-refractivity contribution is 0.566. The van der Waals surface area contributed by atoms with Gasteiger partial charge in [-0.1, -0.05) is 0 Å². The van der Waals surface area contributed by atoms with Gasteiger partial charge >= 0.3 is 0 Å². The molecule has 1 saturated heterocycles. The molecule has 1 aliphatic rings. The molecule has 3 rings (SSSR count). The molecule has 2 N–H and O–H groups in total. The van der Waals surface area contributed by atoms with Gasteiger partial charge in [-0.25, -0.2) is 4.98 Å². The maximum Gasteiger partial charge on any atom is 0.202 e. The van der Waals surface area contributed by atoms with Crippen LogP contribution in [0.5, 0.6) is 0 Å². The highest BCUT2D eigenvalue weighted by atomic mass is 32.2. The van der Waals surface area contributed by atoms with Crippen LogP contribution in [0, 0.1) is 6.92 Å². The average Bonchev–Trinajstić information content (AvgIpc) is 2.87. The largest absolute Gasteiger partial charge is 0.369 e. The fraction of sp³-hybridized carbons (Fsp3) is 0.600. The summed E-state index contributed by atoms with van der Waals surface area (Å²) >= 11 is 1.98. The zero-order chi connectivity index (χ0) is 11.3. The molecule has 1 aliphatic heterocycles. The number of fused-ring (bicyclic) bond motifs is 1. The number of nitrogen functional groups attached to an aromatic ring is 1. The molecule has 0 aliphatic carbocycles. The van der Waals surface area contributed by atoms with Crippen molar-refractivity contribution in [3.05, 3.63) is 5.69 Å². The van der Waals surface area contributed by atoms with Crippen LogP contribution in [-0.2, 0) is 7.05 Å². The molecule has 0 bridgehead atoms. The minimum atomic E-state index is 0.477. The number of nitrogens with zero attached hydrogens (tertiary/aromatic N) is 4. The number of anilines is 1. The molecule has 6 heteroatoms. The van der Waals surface area contributed by atoms with E-state index in [4.69, 9.17) is 5.73 Å². The normalized spacial score (nSPS) is 21.0. The average molecular weight is 237 g/mol. The Labute approximate surface area is 98.0 Å².